The van der Waals surface area contributed by atoms with Gasteiger partial charge in [0.1, 0.15) is 0 Å². The maximum atomic E-state index is 5.80. The van der Waals surface area contributed by atoms with Gasteiger partial charge in [-0.3, -0.25) is 4.99 Å². The van der Waals surface area contributed by atoms with Crippen LogP contribution in [0.5, 0.6) is 11.5 Å². The molecule has 1 aromatic rings. The van der Waals surface area contributed by atoms with Gasteiger partial charge in [-0.1, -0.05) is 6.92 Å². The van der Waals surface area contributed by atoms with Gasteiger partial charge in [0.15, 0.2) is 17.5 Å². The number of anilines is 1. The molecular weight excluding hydrogens is 368 g/mol. The van der Waals surface area contributed by atoms with Crippen LogP contribution in [-0.2, 0) is 4.74 Å². The lowest BCUT2D eigenvalue weighted by Gasteiger charge is -2.17. The highest BCUT2D eigenvalue weighted by molar-refractivity contribution is 5.94. The number of guanidine groups is 1. The van der Waals surface area contributed by atoms with Crippen LogP contribution in [0.1, 0.15) is 32.6 Å². The summed E-state index contributed by atoms with van der Waals surface area (Å²) < 4.78 is 17.2. The molecule has 29 heavy (non-hydrogen) atoms. The molecule has 2 N–H and O–H groups in total. The highest BCUT2D eigenvalue weighted by Crippen LogP contribution is 2.32. The van der Waals surface area contributed by atoms with Gasteiger partial charge in [0.2, 0.25) is 0 Å². The van der Waals surface area contributed by atoms with Gasteiger partial charge in [0.05, 0.1) is 13.2 Å². The Morgan fingerprint density at radius 2 is 2.07 bits per heavy atom. The molecule has 1 aliphatic heterocycles. The number of benzene rings is 1. The number of hydrogen-bond acceptors (Lipinski definition) is 5. The molecule has 162 valence electrons. The smallest absolute Gasteiger partial charge is 0.195 e. The van der Waals surface area contributed by atoms with Crippen molar-refractivity contribution in [2.75, 3.05) is 65.0 Å². The summed E-state index contributed by atoms with van der Waals surface area (Å²) in [4.78, 5) is 7.00. The van der Waals surface area contributed by atoms with Crippen molar-refractivity contribution in [1.82, 2.24) is 10.2 Å². The van der Waals surface area contributed by atoms with E-state index in [1.807, 2.05) is 18.2 Å². The first-order valence-corrected chi connectivity index (χ1v) is 11.0. The summed E-state index contributed by atoms with van der Waals surface area (Å²) in [5.41, 5.74) is 0.939. The molecule has 1 saturated carbocycles. The van der Waals surface area contributed by atoms with Gasteiger partial charge >= 0.3 is 0 Å². The van der Waals surface area contributed by atoms with Crippen LogP contribution >= 0.6 is 0 Å². The summed E-state index contributed by atoms with van der Waals surface area (Å²) in [6, 6.07) is 5.94. The molecule has 0 unspecified atom stereocenters. The normalized spacial score (nSPS) is 16.6. The third-order valence-electron chi connectivity index (χ3n) is 5.10. The fraction of sp³-hybridized carbons (Fsp3) is 0.682. The number of rotatable bonds is 11. The van der Waals surface area contributed by atoms with Crippen molar-refractivity contribution in [3.05, 3.63) is 18.2 Å². The highest BCUT2D eigenvalue weighted by Gasteiger charge is 2.20. The van der Waals surface area contributed by atoms with E-state index in [-0.39, 0.29) is 0 Å². The van der Waals surface area contributed by atoms with E-state index in [9.17, 15) is 0 Å². The molecule has 0 atom stereocenters. The second kappa shape index (κ2) is 11.9. The van der Waals surface area contributed by atoms with Crippen LogP contribution in [-0.4, -0.2) is 70.5 Å². The highest BCUT2D eigenvalue weighted by atomic mass is 16.5. The van der Waals surface area contributed by atoms with Crippen molar-refractivity contribution in [2.24, 2.45) is 10.9 Å². The SMILES string of the molecule is CCN(C)CCNC(=NCCCOCC1CC1)Nc1ccc2c(c1)OCCCO2. The quantitative estimate of drug-likeness (QED) is 0.336. The van der Waals surface area contributed by atoms with E-state index in [0.29, 0.717) is 13.2 Å². The molecule has 2 aliphatic rings. The largest absolute Gasteiger partial charge is 0.490 e. The zero-order valence-electron chi connectivity index (χ0n) is 17.9. The fourth-order valence-corrected chi connectivity index (χ4v) is 2.93. The summed E-state index contributed by atoms with van der Waals surface area (Å²) in [6.45, 7) is 8.77. The number of likely N-dealkylation sites (N-methyl/N-ethyl adjacent to an activating group) is 1. The van der Waals surface area contributed by atoms with Gasteiger partial charge < -0.3 is 29.7 Å². The van der Waals surface area contributed by atoms with Gasteiger partial charge in [-0.2, -0.15) is 0 Å². The minimum absolute atomic E-state index is 0.680. The number of hydrogen-bond donors (Lipinski definition) is 2. The topological polar surface area (TPSA) is 67.4 Å². The minimum atomic E-state index is 0.680. The maximum Gasteiger partial charge on any atom is 0.195 e. The minimum Gasteiger partial charge on any atom is -0.490 e. The Labute approximate surface area is 174 Å². The average molecular weight is 405 g/mol. The molecular formula is C22H36N4O3. The molecule has 0 spiro atoms. The van der Waals surface area contributed by atoms with E-state index in [4.69, 9.17) is 19.2 Å². The first-order chi connectivity index (χ1) is 14.2. The Morgan fingerprint density at radius 3 is 2.86 bits per heavy atom. The second-order valence-corrected chi connectivity index (χ2v) is 7.76. The average Bonchev–Trinajstić information content (AvgIpc) is 3.57. The zero-order valence-corrected chi connectivity index (χ0v) is 17.9. The van der Waals surface area contributed by atoms with E-state index in [1.165, 1.54) is 12.8 Å². The maximum absolute atomic E-state index is 5.80. The molecule has 0 aromatic heterocycles. The number of nitrogens with zero attached hydrogens (tertiary/aromatic N) is 2. The first-order valence-electron chi connectivity index (χ1n) is 11.0. The van der Waals surface area contributed by atoms with Gasteiger partial charge in [-0.15, -0.1) is 0 Å². The molecule has 0 radical (unpaired) electrons. The van der Waals surface area contributed by atoms with Crippen molar-refractivity contribution in [1.29, 1.82) is 0 Å². The van der Waals surface area contributed by atoms with E-state index < -0.39 is 0 Å². The number of ether oxygens (including phenoxy) is 3. The number of nitrogens with one attached hydrogen (secondary N) is 2. The Kier molecular flexibility index (Phi) is 8.89. The van der Waals surface area contributed by atoms with Crippen LogP contribution in [0, 0.1) is 5.92 Å². The molecule has 0 saturated heterocycles. The van der Waals surface area contributed by atoms with Crippen LogP contribution in [0.25, 0.3) is 0 Å². The van der Waals surface area contributed by atoms with Gasteiger partial charge in [-0.05, 0) is 50.9 Å². The lowest BCUT2D eigenvalue weighted by molar-refractivity contribution is 0.123. The monoisotopic (exact) mass is 404 g/mol. The van der Waals surface area contributed by atoms with Crippen molar-refractivity contribution in [3.63, 3.8) is 0 Å². The molecule has 1 aromatic carbocycles. The van der Waals surface area contributed by atoms with Crippen molar-refractivity contribution < 1.29 is 14.2 Å². The van der Waals surface area contributed by atoms with Crippen LogP contribution in [0.3, 0.4) is 0 Å². The summed E-state index contributed by atoms with van der Waals surface area (Å²) >= 11 is 0. The number of fused-ring (bicyclic) bond motifs is 1. The Balaban J connectivity index is 1.52. The van der Waals surface area contributed by atoms with Crippen molar-refractivity contribution in [2.45, 2.75) is 32.6 Å². The predicted octanol–water partition coefficient (Wildman–Crippen LogP) is 2.97. The lowest BCUT2D eigenvalue weighted by atomic mass is 10.2. The number of aliphatic imine (C=N–C) groups is 1. The third-order valence-corrected chi connectivity index (χ3v) is 5.10. The van der Waals surface area contributed by atoms with Gasteiger partial charge in [0, 0.05) is 51.0 Å². The summed E-state index contributed by atoms with van der Waals surface area (Å²) in [5, 5.41) is 6.83. The molecule has 3 rings (SSSR count). The molecule has 1 heterocycles. The Hall–Kier alpha value is -1.99. The molecule has 7 heteroatoms. The van der Waals surface area contributed by atoms with Crippen LogP contribution in [0.2, 0.25) is 0 Å². The van der Waals surface area contributed by atoms with E-state index in [2.05, 4.69) is 29.5 Å². The van der Waals surface area contributed by atoms with E-state index in [1.54, 1.807) is 0 Å². The summed E-state index contributed by atoms with van der Waals surface area (Å²) in [7, 11) is 2.12. The third kappa shape index (κ3) is 8.11. The van der Waals surface area contributed by atoms with Gasteiger partial charge in [-0.25, -0.2) is 0 Å². The van der Waals surface area contributed by atoms with Gasteiger partial charge in [0.25, 0.3) is 0 Å². The fourth-order valence-electron chi connectivity index (χ4n) is 2.93. The van der Waals surface area contributed by atoms with E-state index >= 15 is 0 Å². The van der Waals surface area contributed by atoms with Crippen molar-refractivity contribution >= 4 is 11.6 Å². The van der Waals surface area contributed by atoms with E-state index in [0.717, 1.165) is 81.3 Å². The summed E-state index contributed by atoms with van der Waals surface area (Å²) in [5.74, 6) is 3.18. The molecule has 1 aliphatic carbocycles. The molecule has 1 fully saturated rings. The van der Waals surface area contributed by atoms with Crippen LogP contribution in [0.4, 0.5) is 5.69 Å². The van der Waals surface area contributed by atoms with Crippen LogP contribution < -0.4 is 20.1 Å². The van der Waals surface area contributed by atoms with Crippen LogP contribution in [0.15, 0.2) is 23.2 Å². The van der Waals surface area contributed by atoms with Crippen molar-refractivity contribution in [3.8, 4) is 11.5 Å². The standard InChI is InChI=1S/C22H36N4O3/c1-3-26(2)12-11-24-22(23-10-4-13-27-17-18-6-7-18)25-19-8-9-20-21(16-19)29-15-5-14-28-20/h8-9,16,18H,3-7,10-15,17H2,1-2H3,(H2,23,24,25). The predicted molar refractivity (Wildman–Crippen MR) is 117 cm³/mol. The first kappa shape index (κ1) is 21.7. The molecule has 7 nitrogen and oxygen atoms in total. The lowest BCUT2D eigenvalue weighted by Crippen LogP contribution is -2.37. The molecule has 0 amide bonds. The summed E-state index contributed by atoms with van der Waals surface area (Å²) in [6.07, 6.45) is 4.49. The molecule has 0 bridgehead atoms. The second-order valence-electron chi connectivity index (χ2n) is 7.76. The zero-order chi connectivity index (χ0) is 20.3. The Bertz CT molecular complexity index is 649. The Morgan fingerprint density at radius 1 is 1.24 bits per heavy atom.